The van der Waals surface area contributed by atoms with Gasteiger partial charge in [0.1, 0.15) is 6.10 Å². The molecule has 3 N–H and O–H groups in total. The lowest BCUT2D eigenvalue weighted by molar-refractivity contribution is -0.225. The van der Waals surface area contributed by atoms with Crippen LogP contribution >= 0.6 is 0 Å². The maximum absolute atomic E-state index is 10.8. The van der Waals surface area contributed by atoms with E-state index in [9.17, 15) is 9.90 Å². The molecule has 0 aromatic heterocycles. The Kier molecular flexibility index (Phi) is 2.68. The second-order valence-corrected chi connectivity index (χ2v) is 3.97. The predicted molar refractivity (Wildman–Crippen MR) is 46.9 cm³/mol. The lowest BCUT2D eigenvalue weighted by atomic mass is 10.0. The second kappa shape index (κ2) is 3.71. The van der Waals surface area contributed by atoms with Crippen LogP contribution in [0.4, 0.5) is 0 Å². The first-order valence-corrected chi connectivity index (χ1v) is 4.81. The molecule has 0 spiro atoms. The van der Waals surface area contributed by atoms with Gasteiger partial charge in [-0.1, -0.05) is 0 Å². The molecule has 6 atom stereocenters. The zero-order chi connectivity index (χ0) is 11.2. The molecule has 2 rings (SSSR count). The number of ether oxygens (including phenoxy) is 2. The summed E-state index contributed by atoms with van der Waals surface area (Å²) in [5.74, 6) is -2.24. The number of carboxylic acids is 1. The van der Waals surface area contributed by atoms with Crippen LogP contribution in [0.3, 0.4) is 0 Å². The Balaban J connectivity index is 2.13. The fourth-order valence-electron chi connectivity index (χ4n) is 2.43. The number of hydrogen-bond acceptors (Lipinski definition) is 5. The van der Waals surface area contributed by atoms with E-state index in [1.807, 2.05) is 0 Å². The smallest absolute Gasteiger partial charge is 0.307 e. The average Bonchev–Trinajstić information content (AvgIpc) is 2.94. The molecular formula is C9H14O6. The molecule has 86 valence electrons. The van der Waals surface area contributed by atoms with Crippen molar-refractivity contribution < 1.29 is 29.6 Å². The molecule has 1 aliphatic heterocycles. The zero-order valence-corrected chi connectivity index (χ0v) is 8.24. The molecule has 0 radical (unpaired) electrons. The third-order valence-corrected chi connectivity index (χ3v) is 3.23. The van der Waals surface area contributed by atoms with Gasteiger partial charge in [-0.15, -0.1) is 0 Å². The maximum atomic E-state index is 10.8. The van der Waals surface area contributed by atoms with Gasteiger partial charge in [0.15, 0.2) is 6.29 Å². The first kappa shape index (κ1) is 10.8. The Bertz CT molecular complexity index is 267. The van der Waals surface area contributed by atoms with Crippen LogP contribution in [0.2, 0.25) is 0 Å². The summed E-state index contributed by atoms with van der Waals surface area (Å²) < 4.78 is 10.2. The van der Waals surface area contributed by atoms with Gasteiger partial charge in [-0.3, -0.25) is 4.79 Å². The van der Waals surface area contributed by atoms with Gasteiger partial charge in [0.25, 0.3) is 0 Å². The summed E-state index contributed by atoms with van der Waals surface area (Å²) in [6.07, 6.45) is -2.32. The first-order valence-electron chi connectivity index (χ1n) is 4.81. The number of rotatable bonds is 3. The van der Waals surface area contributed by atoms with E-state index in [1.165, 1.54) is 7.11 Å². The average molecular weight is 218 g/mol. The third-order valence-electron chi connectivity index (χ3n) is 3.23. The fraction of sp³-hybridized carbons (Fsp3) is 0.889. The van der Waals surface area contributed by atoms with Crippen molar-refractivity contribution in [2.24, 2.45) is 17.8 Å². The summed E-state index contributed by atoms with van der Waals surface area (Å²) in [5.41, 5.74) is 0. The zero-order valence-electron chi connectivity index (χ0n) is 8.24. The summed E-state index contributed by atoms with van der Waals surface area (Å²) >= 11 is 0. The quantitative estimate of drug-likeness (QED) is 0.542. The van der Waals surface area contributed by atoms with Crippen molar-refractivity contribution in [3.8, 4) is 0 Å². The van der Waals surface area contributed by atoms with E-state index in [0.29, 0.717) is 0 Å². The first-order chi connectivity index (χ1) is 7.11. The normalized spacial score (nSPS) is 48.5. The lowest BCUT2D eigenvalue weighted by Gasteiger charge is -2.31. The van der Waals surface area contributed by atoms with Gasteiger partial charge >= 0.3 is 5.97 Å². The van der Waals surface area contributed by atoms with E-state index in [2.05, 4.69) is 0 Å². The van der Waals surface area contributed by atoms with Crippen molar-refractivity contribution in [1.82, 2.24) is 0 Å². The molecule has 1 saturated carbocycles. The van der Waals surface area contributed by atoms with Gasteiger partial charge in [-0.2, -0.15) is 0 Å². The van der Waals surface area contributed by atoms with E-state index in [1.54, 1.807) is 0 Å². The van der Waals surface area contributed by atoms with Crippen LogP contribution in [0.1, 0.15) is 0 Å². The van der Waals surface area contributed by atoms with Gasteiger partial charge in [-0.05, 0) is 0 Å². The van der Waals surface area contributed by atoms with Crippen molar-refractivity contribution in [2.45, 2.75) is 18.5 Å². The largest absolute Gasteiger partial charge is 0.481 e. The summed E-state index contributed by atoms with van der Waals surface area (Å²) in [7, 11) is 1.42. The Labute approximate surface area is 86.4 Å². The molecule has 1 aliphatic carbocycles. The predicted octanol–water partition coefficient (Wildman–Crippen LogP) is -1.34. The van der Waals surface area contributed by atoms with Gasteiger partial charge in [0, 0.05) is 18.9 Å². The molecule has 1 saturated heterocycles. The molecule has 0 bridgehead atoms. The van der Waals surface area contributed by atoms with E-state index >= 15 is 0 Å². The van der Waals surface area contributed by atoms with E-state index in [0.717, 1.165) is 0 Å². The summed E-state index contributed by atoms with van der Waals surface area (Å²) in [6, 6.07) is 0. The van der Waals surface area contributed by atoms with Crippen LogP contribution in [0.5, 0.6) is 0 Å². The monoisotopic (exact) mass is 218 g/mol. The molecule has 6 nitrogen and oxygen atoms in total. The molecule has 2 aliphatic rings. The summed E-state index contributed by atoms with van der Waals surface area (Å²) in [6.45, 7) is -0.337. The topological polar surface area (TPSA) is 96.2 Å². The van der Waals surface area contributed by atoms with Crippen LogP contribution in [0.25, 0.3) is 0 Å². The molecular weight excluding hydrogens is 204 g/mol. The number of fused-ring (bicyclic) bond motifs is 1. The third kappa shape index (κ3) is 1.53. The molecule has 15 heavy (non-hydrogen) atoms. The van der Waals surface area contributed by atoms with E-state index < -0.39 is 30.4 Å². The van der Waals surface area contributed by atoms with Crippen LogP contribution in [-0.2, 0) is 14.3 Å². The number of aliphatic hydroxyl groups is 2. The van der Waals surface area contributed by atoms with Crippen LogP contribution in [0, 0.1) is 17.8 Å². The molecule has 1 heterocycles. The van der Waals surface area contributed by atoms with Crippen molar-refractivity contribution in [1.29, 1.82) is 0 Å². The van der Waals surface area contributed by atoms with E-state index in [-0.39, 0.29) is 18.4 Å². The van der Waals surface area contributed by atoms with Crippen LogP contribution < -0.4 is 0 Å². The number of aliphatic hydroxyl groups excluding tert-OH is 2. The minimum Gasteiger partial charge on any atom is -0.481 e. The van der Waals surface area contributed by atoms with Gasteiger partial charge < -0.3 is 24.8 Å². The maximum Gasteiger partial charge on any atom is 0.307 e. The molecule has 0 amide bonds. The van der Waals surface area contributed by atoms with Crippen molar-refractivity contribution in [3.63, 3.8) is 0 Å². The number of hydrogen-bond donors (Lipinski definition) is 3. The standard InChI is InChI=1S/C9H14O6/c1-14-9-6-4(5(6)8(12)13)7(11)3(2-10)15-9/h3-7,9-11H,2H2,1H3,(H,12,13). The van der Waals surface area contributed by atoms with Crippen molar-refractivity contribution in [3.05, 3.63) is 0 Å². The molecule has 6 unspecified atom stereocenters. The van der Waals surface area contributed by atoms with E-state index in [4.69, 9.17) is 19.7 Å². The highest BCUT2D eigenvalue weighted by Gasteiger charge is 2.66. The fourth-order valence-corrected chi connectivity index (χ4v) is 2.43. The van der Waals surface area contributed by atoms with Crippen molar-refractivity contribution in [2.75, 3.05) is 13.7 Å². The highest BCUT2D eigenvalue weighted by molar-refractivity contribution is 5.74. The highest BCUT2D eigenvalue weighted by atomic mass is 16.7. The number of carbonyl (C=O) groups is 1. The molecule has 0 aromatic carbocycles. The highest BCUT2D eigenvalue weighted by Crippen LogP contribution is 2.55. The summed E-state index contributed by atoms with van der Waals surface area (Å²) in [5, 5.41) is 27.5. The second-order valence-electron chi connectivity index (χ2n) is 3.97. The Morgan fingerprint density at radius 3 is 2.60 bits per heavy atom. The number of carboxylic acid groups (broad SMARTS) is 1. The summed E-state index contributed by atoms with van der Waals surface area (Å²) in [4.78, 5) is 10.8. The number of aliphatic carboxylic acids is 1. The van der Waals surface area contributed by atoms with Gasteiger partial charge in [0.05, 0.1) is 18.6 Å². The molecule has 6 heteroatoms. The Morgan fingerprint density at radius 2 is 2.13 bits per heavy atom. The van der Waals surface area contributed by atoms with Crippen LogP contribution in [0.15, 0.2) is 0 Å². The SMILES string of the molecule is COC1OC(CO)C(O)C2C(C(=O)O)C12. The molecule has 2 fully saturated rings. The van der Waals surface area contributed by atoms with Gasteiger partial charge in [0.2, 0.25) is 0 Å². The van der Waals surface area contributed by atoms with Gasteiger partial charge in [-0.25, -0.2) is 0 Å². The Hall–Kier alpha value is -0.690. The van der Waals surface area contributed by atoms with Crippen molar-refractivity contribution >= 4 is 5.97 Å². The number of methoxy groups -OCH3 is 1. The lowest BCUT2D eigenvalue weighted by Crippen LogP contribution is -2.43. The minimum atomic E-state index is -0.951. The Morgan fingerprint density at radius 1 is 1.47 bits per heavy atom. The molecule has 0 aromatic rings. The minimum absolute atomic E-state index is 0.301. The van der Waals surface area contributed by atoms with Crippen LogP contribution in [-0.4, -0.2) is 53.5 Å².